The second kappa shape index (κ2) is 4.47. The molecule has 1 aromatic rings. The lowest BCUT2D eigenvalue weighted by Gasteiger charge is -2.36. The third kappa shape index (κ3) is 2.29. The highest BCUT2D eigenvalue weighted by Gasteiger charge is 2.53. The maximum absolute atomic E-state index is 11.6. The van der Waals surface area contributed by atoms with Crippen molar-refractivity contribution in [3.8, 4) is 5.75 Å². The van der Waals surface area contributed by atoms with Crippen molar-refractivity contribution in [1.82, 2.24) is 0 Å². The smallest absolute Gasteiger partial charge is 0.130 e. The van der Waals surface area contributed by atoms with Gasteiger partial charge in [-0.05, 0) is 54.9 Å². The summed E-state index contributed by atoms with van der Waals surface area (Å²) in [6, 6.07) is 6.33. The lowest BCUT2D eigenvalue weighted by Crippen LogP contribution is -2.31. The van der Waals surface area contributed by atoms with E-state index >= 15 is 0 Å². The van der Waals surface area contributed by atoms with Crippen LogP contribution >= 0.6 is 0 Å². The number of allylic oxidation sites excluding steroid dienone is 1. The number of hydrogen-bond acceptors (Lipinski definition) is 2. The fourth-order valence-corrected chi connectivity index (χ4v) is 3.56. The Morgan fingerprint density at radius 2 is 1.91 bits per heavy atom. The number of benzene rings is 1. The summed E-state index contributed by atoms with van der Waals surface area (Å²) in [6.07, 6.45) is 4.29. The molecule has 1 saturated carbocycles. The van der Waals surface area contributed by atoms with E-state index in [-0.39, 0.29) is 16.4 Å². The molecule has 118 valence electrons. The van der Waals surface area contributed by atoms with Crippen LogP contribution in [-0.4, -0.2) is 11.9 Å². The number of rotatable bonds is 2. The SMILES string of the molecule is C[C@@H]1C[C@]1(C=O)c1ccc2c(c1)OC(C)(C)C=C2C(C)(C)C. The zero-order valence-corrected chi connectivity index (χ0v) is 14.5. The quantitative estimate of drug-likeness (QED) is 0.736. The van der Waals surface area contributed by atoms with E-state index in [2.05, 4.69) is 65.8 Å². The zero-order valence-electron chi connectivity index (χ0n) is 14.5. The molecule has 0 N–H and O–H groups in total. The minimum absolute atomic E-state index is 0.0620. The van der Waals surface area contributed by atoms with Gasteiger partial charge in [0.15, 0.2) is 0 Å². The van der Waals surface area contributed by atoms with Gasteiger partial charge in [-0.25, -0.2) is 0 Å². The Morgan fingerprint density at radius 3 is 2.41 bits per heavy atom. The highest BCUT2D eigenvalue weighted by atomic mass is 16.5. The Kier molecular flexibility index (Phi) is 3.11. The molecule has 1 aromatic carbocycles. The molecule has 0 unspecified atom stereocenters. The summed E-state index contributed by atoms with van der Waals surface area (Å²) in [4.78, 5) is 11.6. The van der Waals surface area contributed by atoms with Gasteiger partial charge in [-0.2, -0.15) is 0 Å². The summed E-state index contributed by atoms with van der Waals surface area (Å²) in [7, 11) is 0. The van der Waals surface area contributed by atoms with E-state index in [1.165, 1.54) is 5.57 Å². The minimum Gasteiger partial charge on any atom is -0.483 e. The van der Waals surface area contributed by atoms with Gasteiger partial charge in [-0.1, -0.05) is 39.8 Å². The molecule has 0 radical (unpaired) electrons. The monoisotopic (exact) mass is 298 g/mol. The van der Waals surface area contributed by atoms with Crippen LogP contribution in [-0.2, 0) is 10.2 Å². The van der Waals surface area contributed by atoms with Crippen molar-refractivity contribution < 1.29 is 9.53 Å². The molecule has 22 heavy (non-hydrogen) atoms. The van der Waals surface area contributed by atoms with Gasteiger partial charge in [0.1, 0.15) is 17.6 Å². The van der Waals surface area contributed by atoms with Gasteiger partial charge in [0.2, 0.25) is 0 Å². The first-order chi connectivity index (χ1) is 10.1. The van der Waals surface area contributed by atoms with Crippen LogP contribution in [0.4, 0.5) is 0 Å². The van der Waals surface area contributed by atoms with Gasteiger partial charge >= 0.3 is 0 Å². The topological polar surface area (TPSA) is 26.3 Å². The molecule has 2 nitrogen and oxygen atoms in total. The van der Waals surface area contributed by atoms with E-state index < -0.39 is 0 Å². The van der Waals surface area contributed by atoms with E-state index in [9.17, 15) is 4.79 Å². The zero-order chi connectivity index (χ0) is 16.3. The van der Waals surface area contributed by atoms with E-state index in [0.29, 0.717) is 5.92 Å². The Morgan fingerprint density at radius 1 is 1.27 bits per heavy atom. The van der Waals surface area contributed by atoms with Gasteiger partial charge in [-0.15, -0.1) is 0 Å². The minimum atomic E-state index is -0.322. The molecule has 0 spiro atoms. The van der Waals surface area contributed by atoms with Gasteiger partial charge in [0, 0.05) is 5.56 Å². The molecule has 0 aromatic heterocycles. The number of fused-ring (bicyclic) bond motifs is 1. The summed E-state index contributed by atoms with van der Waals surface area (Å²) in [5, 5.41) is 0. The number of carbonyl (C=O) groups excluding carboxylic acids is 1. The largest absolute Gasteiger partial charge is 0.483 e. The van der Waals surface area contributed by atoms with Crippen LogP contribution in [0.25, 0.3) is 5.57 Å². The van der Waals surface area contributed by atoms with Crippen molar-refractivity contribution in [2.24, 2.45) is 11.3 Å². The van der Waals surface area contributed by atoms with Crippen LogP contribution in [0.1, 0.15) is 59.1 Å². The fraction of sp³-hybridized carbons (Fsp3) is 0.550. The molecule has 3 rings (SSSR count). The van der Waals surface area contributed by atoms with Gasteiger partial charge in [0.05, 0.1) is 5.41 Å². The molecule has 0 saturated heterocycles. The summed E-state index contributed by atoms with van der Waals surface area (Å²) < 4.78 is 6.20. The predicted octanol–water partition coefficient (Wildman–Crippen LogP) is 4.76. The fourth-order valence-electron chi connectivity index (χ4n) is 3.56. The molecule has 1 fully saturated rings. The van der Waals surface area contributed by atoms with Crippen LogP contribution in [0.2, 0.25) is 0 Å². The molecule has 2 heteroatoms. The highest BCUT2D eigenvalue weighted by Crippen LogP contribution is 2.54. The van der Waals surface area contributed by atoms with Crippen LogP contribution < -0.4 is 4.74 Å². The maximum Gasteiger partial charge on any atom is 0.130 e. The number of hydrogen-bond donors (Lipinski definition) is 0. The molecule has 2 atom stereocenters. The highest BCUT2D eigenvalue weighted by molar-refractivity contribution is 5.79. The van der Waals surface area contributed by atoms with Crippen LogP contribution in [0.3, 0.4) is 0 Å². The van der Waals surface area contributed by atoms with E-state index in [1.54, 1.807) is 0 Å². The van der Waals surface area contributed by atoms with Crippen LogP contribution in [0.15, 0.2) is 24.3 Å². The molecule has 0 amide bonds. The molecular weight excluding hydrogens is 272 g/mol. The summed E-state index contributed by atoms with van der Waals surface area (Å²) in [5.74, 6) is 1.34. The van der Waals surface area contributed by atoms with Crippen LogP contribution in [0, 0.1) is 11.3 Å². The molecule has 1 heterocycles. The Balaban J connectivity index is 2.11. The average molecular weight is 298 g/mol. The predicted molar refractivity (Wildman–Crippen MR) is 90.1 cm³/mol. The van der Waals surface area contributed by atoms with Crippen molar-refractivity contribution in [2.75, 3.05) is 0 Å². The molecular formula is C20H26O2. The van der Waals surface area contributed by atoms with Crippen molar-refractivity contribution in [1.29, 1.82) is 0 Å². The first-order valence-electron chi connectivity index (χ1n) is 8.13. The normalized spacial score (nSPS) is 29.2. The molecule has 0 bridgehead atoms. The lowest BCUT2D eigenvalue weighted by atomic mass is 9.77. The maximum atomic E-state index is 11.6. The van der Waals surface area contributed by atoms with E-state index in [4.69, 9.17) is 4.74 Å². The third-order valence-corrected chi connectivity index (χ3v) is 5.06. The van der Waals surface area contributed by atoms with Crippen molar-refractivity contribution in [3.63, 3.8) is 0 Å². The number of carbonyl (C=O) groups is 1. The summed E-state index contributed by atoms with van der Waals surface area (Å²) >= 11 is 0. The van der Waals surface area contributed by atoms with Gasteiger partial charge < -0.3 is 9.53 Å². The third-order valence-electron chi connectivity index (χ3n) is 5.06. The van der Waals surface area contributed by atoms with Gasteiger partial charge in [-0.3, -0.25) is 0 Å². The summed E-state index contributed by atoms with van der Waals surface area (Å²) in [6.45, 7) is 13.0. The first-order valence-corrected chi connectivity index (χ1v) is 8.13. The van der Waals surface area contributed by atoms with E-state index in [0.717, 1.165) is 29.6 Å². The van der Waals surface area contributed by atoms with Crippen molar-refractivity contribution in [2.45, 2.75) is 59.0 Å². The summed E-state index contributed by atoms with van der Waals surface area (Å²) in [5.41, 5.74) is 3.02. The standard InChI is InChI=1S/C20H26O2/c1-13-10-20(13,12-21)14-7-8-15-16(18(2,3)4)11-19(5,6)22-17(15)9-14/h7-9,11-13H,10H2,1-6H3/t13-,20-/m1/s1. The second-order valence-corrected chi connectivity index (χ2v) is 8.49. The molecule has 2 aliphatic rings. The second-order valence-electron chi connectivity index (χ2n) is 8.49. The Bertz CT molecular complexity index is 661. The van der Waals surface area contributed by atoms with Crippen molar-refractivity contribution in [3.05, 3.63) is 35.4 Å². The Hall–Kier alpha value is -1.57. The number of ether oxygens (including phenoxy) is 1. The van der Waals surface area contributed by atoms with E-state index in [1.807, 2.05) is 0 Å². The molecule has 1 aliphatic heterocycles. The van der Waals surface area contributed by atoms with Gasteiger partial charge in [0.25, 0.3) is 0 Å². The lowest BCUT2D eigenvalue weighted by molar-refractivity contribution is -0.110. The van der Waals surface area contributed by atoms with Crippen LogP contribution in [0.5, 0.6) is 5.75 Å². The Labute approximate surface area is 133 Å². The first kappa shape index (κ1) is 15.3. The van der Waals surface area contributed by atoms with Crippen molar-refractivity contribution >= 4 is 11.9 Å². The average Bonchev–Trinajstić information content (AvgIpc) is 3.07. The number of aldehydes is 1. The molecule has 1 aliphatic carbocycles.